The molecule has 176 valence electrons. The lowest BCUT2D eigenvalue weighted by Gasteiger charge is -2.29. The third kappa shape index (κ3) is 4.53. The van der Waals surface area contributed by atoms with E-state index in [9.17, 15) is 9.59 Å². The normalized spacial score (nSPS) is 12.7. The zero-order chi connectivity index (χ0) is 24.4. The Morgan fingerprint density at radius 2 is 1.57 bits per heavy atom. The Kier molecular flexibility index (Phi) is 6.06. The van der Waals surface area contributed by atoms with Crippen LogP contribution in [-0.4, -0.2) is 28.1 Å². The molecule has 1 aliphatic heterocycles. The Labute approximate surface area is 204 Å². The van der Waals surface area contributed by atoms with Crippen LogP contribution in [0, 0.1) is 6.92 Å². The van der Waals surface area contributed by atoms with E-state index in [1.54, 1.807) is 29.2 Å². The van der Waals surface area contributed by atoms with Crippen molar-refractivity contribution in [3.63, 3.8) is 0 Å². The molecule has 0 bridgehead atoms. The molecule has 0 aliphatic carbocycles. The van der Waals surface area contributed by atoms with Crippen molar-refractivity contribution in [2.75, 3.05) is 16.8 Å². The van der Waals surface area contributed by atoms with Gasteiger partial charge in [0.2, 0.25) is 5.91 Å². The van der Waals surface area contributed by atoms with Gasteiger partial charge in [0.05, 0.1) is 5.69 Å². The molecule has 0 saturated heterocycles. The third-order valence-electron chi connectivity index (χ3n) is 5.94. The molecule has 5 rings (SSSR count). The van der Waals surface area contributed by atoms with Gasteiger partial charge in [-0.2, -0.15) is 5.10 Å². The van der Waals surface area contributed by atoms with E-state index in [4.69, 9.17) is 9.84 Å². The Bertz CT molecular complexity index is 1380. The molecule has 4 aromatic rings. The van der Waals surface area contributed by atoms with Crippen LogP contribution in [0.5, 0.6) is 11.5 Å². The molecule has 1 N–H and O–H groups in total. The number of hydrogen-bond acceptors (Lipinski definition) is 4. The van der Waals surface area contributed by atoms with Gasteiger partial charge in [-0.25, -0.2) is 4.68 Å². The van der Waals surface area contributed by atoms with Crippen molar-refractivity contribution in [1.82, 2.24) is 9.78 Å². The number of hydrogen-bond donors (Lipinski definition) is 1. The van der Waals surface area contributed by atoms with Gasteiger partial charge in [-0.1, -0.05) is 36.4 Å². The molecule has 0 unspecified atom stereocenters. The summed E-state index contributed by atoms with van der Waals surface area (Å²) in [6, 6.07) is 24.3. The van der Waals surface area contributed by atoms with Gasteiger partial charge >= 0.3 is 0 Å². The summed E-state index contributed by atoms with van der Waals surface area (Å²) < 4.78 is 7.76. The van der Waals surface area contributed by atoms with Crippen LogP contribution in [0.1, 0.15) is 29.4 Å². The highest BCUT2D eigenvalue weighted by Crippen LogP contribution is 2.40. The van der Waals surface area contributed by atoms with Gasteiger partial charge in [0.15, 0.2) is 0 Å². The number of carbonyl (C=O) groups excluding carboxylic acids is 2. The van der Waals surface area contributed by atoms with Crippen LogP contribution in [0.3, 0.4) is 0 Å². The lowest BCUT2D eigenvalue weighted by molar-refractivity contribution is -0.114. The fourth-order valence-corrected chi connectivity index (χ4v) is 4.44. The highest BCUT2D eigenvalue weighted by atomic mass is 16.5. The highest BCUT2D eigenvalue weighted by Gasteiger charge is 2.30. The summed E-state index contributed by atoms with van der Waals surface area (Å²) in [5.74, 6) is 1.90. The standard InChI is InChI=1S/C28H26N4O3/c1-19-26(24-11-6-7-12-25(24)29-20(2)33)27-31(17-8-18-32(27)30-19)28(34)21-13-15-23(16-14-21)35-22-9-4-3-5-10-22/h3-7,9-16H,8,17-18H2,1-2H3,(H,29,33). The molecule has 1 aliphatic rings. The first kappa shape index (κ1) is 22.4. The minimum Gasteiger partial charge on any atom is -0.457 e. The molecule has 0 fully saturated rings. The summed E-state index contributed by atoms with van der Waals surface area (Å²) in [5.41, 5.74) is 3.77. The number of ether oxygens (including phenoxy) is 1. The van der Waals surface area contributed by atoms with Crippen LogP contribution in [0.15, 0.2) is 78.9 Å². The largest absolute Gasteiger partial charge is 0.457 e. The number of aromatic nitrogens is 2. The Morgan fingerprint density at radius 3 is 2.31 bits per heavy atom. The molecule has 7 nitrogen and oxygen atoms in total. The first-order chi connectivity index (χ1) is 17.0. The fraction of sp³-hybridized carbons (Fsp3) is 0.179. The van der Waals surface area contributed by atoms with Crippen LogP contribution in [0.4, 0.5) is 11.5 Å². The summed E-state index contributed by atoms with van der Waals surface area (Å²) >= 11 is 0. The number of nitrogens with zero attached hydrogens (tertiary/aromatic N) is 3. The quantitative estimate of drug-likeness (QED) is 0.412. The molecule has 3 aromatic carbocycles. The van der Waals surface area contributed by atoms with E-state index in [1.165, 1.54) is 6.92 Å². The number of nitrogens with one attached hydrogen (secondary N) is 1. The van der Waals surface area contributed by atoms with E-state index in [0.29, 0.717) is 23.5 Å². The summed E-state index contributed by atoms with van der Waals surface area (Å²) in [7, 11) is 0. The summed E-state index contributed by atoms with van der Waals surface area (Å²) in [6.07, 6.45) is 0.807. The third-order valence-corrected chi connectivity index (χ3v) is 5.94. The van der Waals surface area contributed by atoms with Gasteiger partial charge in [0.25, 0.3) is 5.91 Å². The lowest BCUT2D eigenvalue weighted by Crippen LogP contribution is -2.37. The second-order valence-electron chi connectivity index (χ2n) is 8.48. The van der Waals surface area contributed by atoms with Crippen LogP contribution in [0.25, 0.3) is 11.1 Å². The minimum absolute atomic E-state index is 0.102. The lowest BCUT2D eigenvalue weighted by atomic mass is 10.0. The highest BCUT2D eigenvalue weighted by molar-refractivity contribution is 6.08. The van der Waals surface area contributed by atoms with E-state index < -0.39 is 0 Å². The Balaban J connectivity index is 1.48. The van der Waals surface area contributed by atoms with Gasteiger partial charge in [-0.3, -0.25) is 14.5 Å². The van der Waals surface area contributed by atoms with Gasteiger partial charge in [-0.15, -0.1) is 0 Å². The summed E-state index contributed by atoms with van der Waals surface area (Å²) in [5, 5.41) is 7.63. The van der Waals surface area contributed by atoms with Gasteiger partial charge in [0.1, 0.15) is 17.3 Å². The molecular weight excluding hydrogens is 440 g/mol. The molecular formula is C28H26N4O3. The number of rotatable bonds is 5. The fourth-order valence-electron chi connectivity index (χ4n) is 4.44. The number of aryl methyl sites for hydroxylation is 2. The molecule has 0 spiro atoms. The van der Waals surface area contributed by atoms with Crippen molar-refractivity contribution in [2.45, 2.75) is 26.8 Å². The van der Waals surface area contributed by atoms with Crippen molar-refractivity contribution in [1.29, 1.82) is 0 Å². The predicted octanol–water partition coefficient (Wildman–Crippen LogP) is 5.66. The molecule has 0 radical (unpaired) electrons. The zero-order valence-electron chi connectivity index (χ0n) is 19.7. The smallest absolute Gasteiger partial charge is 0.259 e. The van der Waals surface area contributed by atoms with Crippen LogP contribution < -0.4 is 15.0 Å². The van der Waals surface area contributed by atoms with E-state index in [0.717, 1.165) is 41.4 Å². The van der Waals surface area contributed by atoms with Crippen molar-refractivity contribution in [3.05, 3.63) is 90.1 Å². The molecule has 0 saturated carbocycles. The number of fused-ring (bicyclic) bond motifs is 1. The maximum Gasteiger partial charge on any atom is 0.259 e. The van der Waals surface area contributed by atoms with E-state index >= 15 is 0 Å². The molecule has 0 atom stereocenters. The molecule has 7 heteroatoms. The first-order valence-corrected chi connectivity index (χ1v) is 11.6. The van der Waals surface area contributed by atoms with E-state index in [2.05, 4.69) is 5.32 Å². The maximum absolute atomic E-state index is 13.7. The maximum atomic E-state index is 13.7. The van der Waals surface area contributed by atoms with Crippen molar-refractivity contribution >= 4 is 23.3 Å². The van der Waals surface area contributed by atoms with Crippen molar-refractivity contribution in [2.24, 2.45) is 0 Å². The minimum atomic E-state index is -0.151. The average molecular weight is 467 g/mol. The second kappa shape index (κ2) is 9.46. The predicted molar refractivity (Wildman–Crippen MR) is 136 cm³/mol. The Hall–Kier alpha value is -4.39. The number of amides is 2. The monoisotopic (exact) mass is 466 g/mol. The van der Waals surface area contributed by atoms with Gasteiger partial charge < -0.3 is 10.1 Å². The number of benzene rings is 3. The van der Waals surface area contributed by atoms with Crippen molar-refractivity contribution in [3.8, 4) is 22.6 Å². The molecule has 35 heavy (non-hydrogen) atoms. The topological polar surface area (TPSA) is 76.5 Å². The summed E-state index contributed by atoms with van der Waals surface area (Å²) in [4.78, 5) is 27.3. The summed E-state index contributed by atoms with van der Waals surface area (Å²) in [6.45, 7) is 4.73. The van der Waals surface area contributed by atoms with Crippen LogP contribution in [0.2, 0.25) is 0 Å². The Morgan fingerprint density at radius 1 is 0.886 bits per heavy atom. The number of carbonyl (C=O) groups is 2. The number of anilines is 2. The SMILES string of the molecule is CC(=O)Nc1ccccc1-c1c(C)nn2c1N(C(=O)c1ccc(Oc3ccccc3)cc1)CCC2. The molecule has 1 aromatic heterocycles. The molecule has 2 amide bonds. The average Bonchev–Trinajstić information content (AvgIpc) is 3.20. The second-order valence-corrected chi connectivity index (χ2v) is 8.48. The zero-order valence-corrected chi connectivity index (χ0v) is 19.7. The van der Waals surface area contributed by atoms with E-state index in [-0.39, 0.29) is 11.8 Å². The molecule has 2 heterocycles. The first-order valence-electron chi connectivity index (χ1n) is 11.6. The van der Waals surface area contributed by atoms with Gasteiger partial charge in [0, 0.05) is 42.4 Å². The van der Waals surface area contributed by atoms with Crippen molar-refractivity contribution < 1.29 is 14.3 Å². The van der Waals surface area contributed by atoms with Gasteiger partial charge in [-0.05, 0) is 55.8 Å². The number of para-hydroxylation sites is 2. The van der Waals surface area contributed by atoms with E-state index in [1.807, 2.05) is 66.2 Å². The van der Waals surface area contributed by atoms with Crippen LogP contribution in [-0.2, 0) is 11.3 Å². The van der Waals surface area contributed by atoms with Crippen LogP contribution >= 0.6 is 0 Å².